The quantitative estimate of drug-likeness (QED) is 0.854. The molecule has 108 valence electrons. The Bertz CT molecular complexity index is 522. The van der Waals surface area contributed by atoms with Crippen molar-refractivity contribution < 1.29 is 14.3 Å². The van der Waals surface area contributed by atoms with Crippen molar-refractivity contribution in [1.82, 2.24) is 9.88 Å². The van der Waals surface area contributed by atoms with Gasteiger partial charge < -0.3 is 10.0 Å². The summed E-state index contributed by atoms with van der Waals surface area (Å²) in [6, 6.07) is 1.22. The number of likely N-dealkylation sites (tertiary alicyclic amines) is 1. The summed E-state index contributed by atoms with van der Waals surface area (Å²) in [5, 5.41) is 10.6. The zero-order valence-electron chi connectivity index (χ0n) is 11.4. The molecule has 2 atom stereocenters. The summed E-state index contributed by atoms with van der Waals surface area (Å²) in [5.41, 5.74) is -0.318. The number of hydrogen-bond donors (Lipinski definition) is 1. The summed E-state index contributed by atoms with van der Waals surface area (Å²) >= 11 is 0. The first kappa shape index (κ1) is 13.5. The fraction of sp³-hybridized carbons (Fsp3) is 0.600. The van der Waals surface area contributed by atoms with E-state index in [-0.39, 0.29) is 17.4 Å². The van der Waals surface area contributed by atoms with Crippen molar-refractivity contribution in [2.24, 2.45) is 5.92 Å². The minimum atomic E-state index is -0.602. The topological polar surface area (TPSA) is 53.4 Å². The summed E-state index contributed by atoms with van der Waals surface area (Å²) in [6.45, 7) is 1.09. The summed E-state index contributed by atoms with van der Waals surface area (Å²) in [5.74, 6) is -0.540. The van der Waals surface area contributed by atoms with Crippen LogP contribution in [0.4, 0.5) is 4.39 Å². The largest absolute Gasteiger partial charge is 0.389 e. The Morgan fingerprint density at radius 2 is 2.25 bits per heavy atom. The number of rotatable bonds is 1. The molecule has 3 rings (SSSR count). The summed E-state index contributed by atoms with van der Waals surface area (Å²) in [6.07, 6.45) is 7.07. The molecule has 1 N–H and O–H groups in total. The van der Waals surface area contributed by atoms with Gasteiger partial charge in [0, 0.05) is 25.2 Å². The highest BCUT2D eigenvalue weighted by atomic mass is 19.1. The number of aliphatic hydroxyl groups is 1. The molecule has 1 saturated carbocycles. The average molecular weight is 278 g/mol. The van der Waals surface area contributed by atoms with Crippen molar-refractivity contribution in [3.8, 4) is 0 Å². The van der Waals surface area contributed by atoms with Crippen LogP contribution >= 0.6 is 0 Å². The van der Waals surface area contributed by atoms with Gasteiger partial charge in [-0.2, -0.15) is 0 Å². The molecule has 1 saturated heterocycles. The normalized spacial score (nSPS) is 29.9. The molecule has 4 nitrogen and oxygen atoms in total. The van der Waals surface area contributed by atoms with Gasteiger partial charge in [-0.15, -0.1) is 0 Å². The Balaban J connectivity index is 1.74. The smallest absolute Gasteiger partial charge is 0.255 e. The highest BCUT2D eigenvalue weighted by molar-refractivity contribution is 5.94. The summed E-state index contributed by atoms with van der Waals surface area (Å²) < 4.78 is 13.2. The van der Waals surface area contributed by atoms with Crippen LogP contribution in [-0.2, 0) is 0 Å². The molecule has 1 aromatic heterocycles. The molecule has 2 fully saturated rings. The van der Waals surface area contributed by atoms with Crippen molar-refractivity contribution in [2.45, 2.75) is 37.7 Å². The number of hydrogen-bond acceptors (Lipinski definition) is 3. The van der Waals surface area contributed by atoms with Gasteiger partial charge in [-0.3, -0.25) is 9.78 Å². The molecule has 2 aliphatic rings. The highest BCUT2D eigenvalue weighted by Gasteiger charge is 2.43. The third-order valence-electron chi connectivity index (χ3n) is 4.67. The molecule has 20 heavy (non-hydrogen) atoms. The van der Waals surface area contributed by atoms with Crippen LogP contribution in [0, 0.1) is 11.7 Å². The number of halogens is 1. The third-order valence-corrected chi connectivity index (χ3v) is 4.67. The lowest BCUT2D eigenvalue weighted by atomic mass is 9.71. The van der Waals surface area contributed by atoms with Crippen LogP contribution in [-0.4, -0.2) is 39.6 Å². The number of carbonyl (C=O) groups is 1. The second kappa shape index (κ2) is 5.13. The lowest BCUT2D eigenvalue weighted by molar-refractivity contribution is -0.0886. The first-order valence-electron chi connectivity index (χ1n) is 7.21. The van der Waals surface area contributed by atoms with E-state index in [0.29, 0.717) is 19.5 Å². The minimum Gasteiger partial charge on any atom is -0.389 e. The maximum Gasteiger partial charge on any atom is 0.255 e. The van der Waals surface area contributed by atoms with Crippen molar-refractivity contribution in [3.63, 3.8) is 0 Å². The number of amides is 1. The number of aromatic nitrogens is 1. The monoisotopic (exact) mass is 278 g/mol. The SMILES string of the molecule is O=C(c1cncc(F)c1)N1CCC2(O)CCCCC2C1. The van der Waals surface area contributed by atoms with E-state index in [2.05, 4.69) is 4.98 Å². The molecule has 5 heteroatoms. The molecule has 1 amide bonds. The molecular weight excluding hydrogens is 259 g/mol. The number of pyridine rings is 1. The molecule has 0 bridgehead atoms. The Kier molecular flexibility index (Phi) is 3.46. The summed E-state index contributed by atoms with van der Waals surface area (Å²) in [4.78, 5) is 17.8. The fourth-order valence-electron chi connectivity index (χ4n) is 3.47. The van der Waals surface area contributed by atoms with Crippen LogP contribution in [0.5, 0.6) is 0 Å². The second-order valence-corrected chi connectivity index (χ2v) is 5.94. The first-order valence-corrected chi connectivity index (χ1v) is 7.21. The van der Waals surface area contributed by atoms with Gasteiger partial charge in [-0.05, 0) is 25.3 Å². The van der Waals surface area contributed by atoms with Gasteiger partial charge >= 0.3 is 0 Å². The Morgan fingerprint density at radius 3 is 3.05 bits per heavy atom. The van der Waals surface area contributed by atoms with E-state index in [1.807, 2.05) is 0 Å². The Labute approximate surface area is 117 Å². The molecule has 0 spiro atoms. The number of carbonyl (C=O) groups excluding carboxylic acids is 1. The molecule has 1 aromatic rings. The Hall–Kier alpha value is -1.49. The Morgan fingerprint density at radius 1 is 1.40 bits per heavy atom. The van der Waals surface area contributed by atoms with Gasteiger partial charge in [0.15, 0.2) is 0 Å². The zero-order chi connectivity index (χ0) is 14.2. The van der Waals surface area contributed by atoms with E-state index in [0.717, 1.165) is 31.9 Å². The van der Waals surface area contributed by atoms with E-state index in [9.17, 15) is 14.3 Å². The van der Waals surface area contributed by atoms with Crippen molar-refractivity contribution in [2.75, 3.05) is 13.1 Å². The van der Waals surface area contributed by atoms with E-state index < -0.39 is 11.4 Å². The van der Waals surface area contributed by atoms with Gasteiger partial charge in [0.05, 0.1) is 17.4 Å². The van der Waals surface area contributed by atoms with E-state index in [1.54, 1.807) is 4.90 Å². The second-order valence-electron chi connectivity index (χ2n) is 5.94. The predicted molar refractivity (Wildman–Crippen MR) is 71.6 cm³/mol. The summed E-state index contributed by atoms with van der Waals surface area (Å²) in [7, 11) is 0. The molecule has 1 aliphatic heterocycles. The molecule has 1 aliphatic carbocycles. The fourth-order valence-corrected chi connectivity index (χ4v) is 3.47. The van der Waals surface area contributed by atoms with Crippen LogP contribution < -0.4 is 0 Å². The number of piperidine rings is 1. The highest BCUT2D eigenvalue weighted by Crippen LogP contribution is 2.39. The van der Waals surface area contributed by atoms with Crippen molar-refractivity contribution >= 4 is 5.91 Å². The van der Waals surface area contributed by atoms with Gasteiger partial charge in [0.2, 0.25) is 0 Å². The number of fused-ring (bicyclic) bond motifs is 1. The van der Waals surface area contributed by atoms with Gasteiger partial charge in [-0.1, -0.05) is 12.8 Å². The molecule has 2 unspecified atom stereocenters. The van der Waals surface area contributed by atoms with Crippen molar-refractivity contribution in [1.29, 1.82) is 0 Å². The van der Waals surface area contributed by atoms with Gasteiger partial charge in [0.25, 0.3) is 5.91 Å². The molecule has 0 radical (unpaired) electrons. The zero-order valence-corrected chi connectivity index (χ0v) is 11.4. The van der Waals surface area contributed by atoms with Crippen LogP contribution in [0.1, 0.15) is 42.5 Å². The first-order chi connectivity index (χ1) is 9.58. The minimum absolute atomic E-state index is 0.149. The van der Waals surface area contributed by atoms with E-state index in [1.165, 1.54) is 12.3 Å². The van der Waals surface area contributed by atoms with Gasteiger partial charge in [-0.25, -0.2) is 4.39 Å². The number of nitrogens with zero attached hydrogens (tertiary/aromatic N) is 2. The van der Waals surface area contributed by atoms with E-state index in [4.69, 9.17) is 0 Å². The van der Waals surface area contributed by atoms with Crippen LogP contribution in [0.2, 0.25) is 0 Å². The predicted octanol–water partition coefficient (Wildman–Crippen LogP) is 1.99. The van der Waals surface area contributed by atoms with Crippen LogP contribution in [0.25, 0.3) is 0 Å². The van der Waals surface area contributed by atoms with Gasteiger partial charge in [0.1, 0.15) is 5.82 Å². The molecule has 2 heterocycles. The van der Waals surface area contributed by atoms with Crippen molar-refractivity contribution in [3.05, 3.63) is 29.8 Å². The molecule has 0 aromatic carbocycles. The maximum atomic E-state index is 13.2. The van der Waals surface area contributed by atoms with Crippen LogP contribution in [0.15, 0.2) is 18.5 Å². The average Bonchev–Trinajstić information content (AvgIpc) is 2.45. The lowest BCUT2D eigenvalue weighted by Gasteiger charge is -2.47. The molecular formula is C15H19FN2O2. The maximum absolute atomic E-state index is 13.2. The van der Waals surface area contributed by atoms with Crippen LogP contribution in [0.3, 0.4) is 0 Å². The standard InChI is InChI=1S/C15H19FN2O2/c16-13-7-11(8-17-9-13)14(19)18-6-5-15(20)4-2-1-3-12(15)10-18/h7-9,12,20H,1-6,10H2. The third kappa shape index (κ3) is 2.42. The lowest BCUT2D eigenvalue weighted by Crippen LogP contribution is -2.54. The van der Waals surface area contributed by atoms with E-state index >= 15 is 0 Å².